The minimum atomic E-state index is -0.366. The van der Waals surface area contributed by atoms with Gasteiger partial charge in [0.1, 0.15) is 6.04 Å². The van der Waals surface area contributed by atoms with Crippen molar-refractivity contribution in [1.29, 1.82) is 0 Å². The number of nitrogens with one attached hydrogen (secondary N) is 2. The molecule has 3 rings (SSSR count). The third kappa shape index (κ3) is 3.96. The average Bonchev–Trinajstić information content (AvgIpc) is 3.18. The Morgan fingerprint density at radius 2 is 1.91 bits per heavy atom. The fourth-order valence-electron chi connectivity index (χ4n) is 3.41. The van der Waals surface area contributed by atoms with Gasteiger partial charge in [0.25, 0.3) is 0 Å². The van der Waals surface area contributed by atoms with Crippen LogP contribution in [0.15, 0.2) is 24.3 Å². The second-order valence-corrected chi connectivity index (χ2v) is 6.72. The molecule has 2 fully saturated rings. The fraction of sp³-hybridized carbons (Fsp3) is 0.529. The molecule has 1 saturated carbocycles. The van der Waals surface area contributed by atoms with Crippen LogP contribution in [0.2, 0.25) is 5.02 Å². The number of rotatable bonds is 3. The lowest BCUT2D eigenvalue weighted by Crippen LogP contribution is -2.49. The van der Waals surface area contributed by atoms with Gasteiger partial charge in [0.15, 0.2) is 0 Å². The number of hydrogen-bond acceptors (Lipinski definition) is 2. The van der Waals surface area contributed by atoms with Crippen LogP contribution in [-0.4, -0.2) is 35.5 Å². The van der Waals surface area contributed by atoms with Crippen LogP contribution in [0.4, 0.5) is 10.5 Å². The van der Waals surface area contributed by atoms with Crippen LogP contribution >= 0.6 is 11.6 Å². The number of nitrogens with zero attached hydrogens (tertiary/aromatic N) is 1. The number of urea groups is 1. The van der Waals surface area contributed by atoms with Crippen LogP contribution in [0.25, 0.3) is 0 Å². The van der Waals surface area contributed by atoms with Crippen molar-refractivity contribution < 1.29 is 9.59 Å². The smallest absolute Gasteiger partial charge is 0.322 e. The van der Waals surface area contributed by atoms with Crippen molar-refractivity contribution in [2.75, 3.05) is 11.9 Å². The highest BCUT2D eigenvalue weighted by Crippen LogP contribution is 2.22. The van der Waals surface area contributed by atoms with Crippen LogP contribution in [0.3, 0.4) is 0 Å². The summed E-state index contributed by atoms with van der Waals surface area (Å²) >= 11 is 5.93. The molecule has 1 atom stereocenters. The van der Waals surface area contributed by atoms with Gasteiger partial charge < -0.3 is 15.5 Å². The summed E-state index contributed by atoms with van der Waals surface area (Å²) in [5, 5.41) is 6.49. The molecule has 1 aliphatic carbocycles. The van der Waals surface area contributed by atoms with Crippen molar-refractivity contribution in [1.82, 2.24) is 10.2 Å². The van der Waals surface area contributed by atoms with Crippen LogP contribution in [0.1, 0.15) is 38.5 Å². The Bertz CT molecular complexity index is 587. The molecular weight excluding hydrogens is 314 g/mol. The third-order valence-electron chi connectivity index (χ3n) is 4.59. The SMILES string of the molecule is O=C(NC1CCCC1)[C@H]1CCCN1C(=O)Nc1cccc(Cl)c1. The average molecular weight is 336 g/mol. The van der Waals surface area contributed by atoms with Crippen molar-refractivity contribution in [2.24, 2.45) is 0 Å². The molecule has 3 amide bonds. The van der Waals surface area contributed by atoms with Gasteiger partial charge in [-0.3, -0.25) is 4.79 Å². The highest BCUT2D eigenvalue weighted by molar-refractivity contribution is 6.30. The van der Waals surface area contributed by atoms with E-state index in [1.165, 1.54) is 12.8 Å². The van der Waals surface area contributed by atoms with E-state index < -0.39 is 0 Å². The van der Waals surface area contributed by atoms with Crippen molar-refractivity contribution in [3.05, 3.63) is 29.3 Å². The molecule has 5 nitrogen and oxygen atoms in total. The standard InChI is InChI=1S/C17H22ClN3O2/c18-12-5-3-8-14(11-12)20-17(23)21-10-4-9-15(21)16(22)19-13-6-1-2-7-13/h3,5,8,11,13,15H,1-2,4,6-7,9-10H2,(H,19,22)(H,20,23)/t15-/m1/s1. The summed E-state index contributed by atoms with van der Waals surface area (Å²) in [6.07, 6.45) is 6.02. The van der Waals surface area contributed by atoms with Gasteiger partial charge in [0.2, 0.25) is 5.91 Å². The maximum atomic E-state index is 12.5. The predicted molar refractivity (Wildman–Crippen MR) is 90.6 cm³/mol. The molecule has 2 aliphatic rings. The zero-order chi connectivity index (χ0) is 16.2. The first-order valence-corrected chi connectivity index (χ1v) is 8.65. The maximum Gasteiger partial charge on any atom is 0.322 e. The van der Waals surface area contributed by atoms with Crippen LogP contribution in [0.5, 0.6) is 0 Å². The lowest BCUT2D eigenvalue weighted by molar-refractivity contribution is -0.125. The van der Waals surface area contributed by atoms with E-state index in [4.69, 9.17) is 11.6 Å². The van der Waals surface area contributed by atoms with Crippen molar-refractivity contribution >= 4 is 29.2 Å². The van der Waals surface area contributed by atoms with Gasteiger partial charge in [0, 0.05) is 23.3 Å². The van der Waals surface area contributed by atoms with E-state index in [1.807, 2.05) is 0 Å². The van der Waals surface area contributed by atoms with E-state index in [9.17, 15) is 9.59 Å². The Balaban J connectivity index is 1.61. The largest absolute Gasteiger partial charge is 0.352 e. The lowest BCUT2D eigenvalue weighted by atomic mass is 10.1. The minimum Gasteiger partial charge on any atom is -0.352 e. The molecule has 0 aromatic heterocycles. The normalized spacial score (nSPS) is 21.4. The Labute approximate surface area is 141 Å². The van der Waals surface area contributed by atoms with Crippen LogP contribution in [-0.2, 0) is 4.79 Å². The molecule has 1 saturated heterocycles. The first-order chi connectivity index (χ1) is 11.1. The Morgan fingerprint density at radius 3 is 2.65 bits per heavy atom. The highest BCUT2D eigenvalue weighted by atomic mass is 35.5. The molecule has 1 aromatic rings. The molecule has 1 aliphatic heterocycles. The van der Waals surface area contributed by atoms with Gasteiger partial charge in [0.05, 0.1) is 0 Å². The van der Waals surface area contributed by atoms with Gasteiger partial charge in [-0.25, -0.2) is 4.79 Å². The second-order valence-electron chi connectivity index (χ2n) is 6.28. The highest BCUT2D eigenvalue weighted by Gasteiger charge is 2.35. The van der Waals surface area contributed by atoms with E-state index in [-0.39, 0.29) is 24.0 Å². The molecule has 23 heavy (non-hydrogen) atoms. The number of carbonyl (C=O) groups is 2. The van der Waals surface area contributed by atoms with Gasteiger partial charge in [-0.05, 0) is 43.9 Å². The van der Waals surface area contributed by atoms with Crippen molar-refractivity contribution in [3.8, 4) is 0 Å². The number of benzene rings is 1. The number of likely N-dealkylation sites (tertiary alicyclic amines) is 1. The Hall–Kier alpha value is -1.75. The predicted octanol–water partition coefficient (Wildman–Crippen LogP) is 3.40. The molecular formula is C17H22ClN3O2. The molecule has 2 N–H and O–H groups in total. The minimum absolute atomic E-state index is 0.0179. The first-order valence-electron chi connectivity index (χ1n) is 8.27. The molecule has 0 bridgehead atoms. The van der Waals surface area contributed by atoms with E-state index >= 15 is 0 Å². The maximum absolute atomic E-state index is 12.5. The number of hydrogen-bond donors (Lipinski definition) is 2. The Morgan fingerprint density at radius 1 is 1.13 bits per heavy atom. The zero-order valence-electron chi connectivity index (χ0n) is 13.1. The summed E-state index contributed by atoms with van der Waals surface area (Å²) in [7, 11) is 0. The van der Waals surface area contributed by atoms with Gasteiger partial charge in [-0.15, -0.1) is 0 Å². The fourth-order valence-corrected chi connectivity index (χ4v) is 3.60. The van der Waals surface area contributed by atoms with E-state index in [0.717, 1.165) is 25.7 Å². The van der Waals surface area contributed by atoms with Crippen molar-refractivity contribution in [3.63, 3.8) is 0 Å². The number of halogens is 1. The summed E-state index contributed by atoms with van der Waals surface area (Å²) in [6, 6.07) is 6.69. The third-order valence-corrected chi connectivity index (χ3v) is 4.83. The molecule has 1 aromatic carbocycles. The topological polar surface area (TPSA) is 61.4 Å². The summed E-state index contributed by atoms with van der Waals surface area (Å²) in [4.78, 5) is 26.6. The number of anilines is 1. The van der Waals surface area contributed by atoms with E-state index in [1.54, 1.807) is 29.2 Å². The van der Waals surface area contributed by atoms with Gasteiger partial charge in [-0.2, -0.15) is 0 Å². The van der Waals surface area contributed by atoms with Gasteiger partial charge >= 0.3 is 6.03 Å². The van der Waals surface area contributed by atoms with Crippen molar-refractivity contribution in [2.45, 2.75) is 50.6 Å². The Kier molecular flexibility index (Phi) is 5.06. The number of amides is 3. The zero-order valence-corrected chi connectivity index (χ0v) is 13.8. The van der Waals surface area contributed by atoms with E-state index in [2.05, 4.69) is 10.6 Å². The summed E-state index contributed by atoms with van der Waals surface area (Å²) < 4.78 is 0. The molecule has 0 spiro atoms. The molecule has 1 heterocycles. The van der Waals surface area contributed by atoms with Gasteiger partial charge in [-0.1, -0.05) is 30.5 Å². The molecule has 6 heteroatoms. The summed E-state index contributed by atoms with van der Waals surface area (Å²) in [5.74, 6) is -0.0179. The summed E-state index contributed by atoms with van der Waals surface area (Å²) in [5.41, 5.74) is 0.643. The molecule has 124 valence electrons. The lowest BCUT2D eigenvalue weighted by Gasteiger charge is -2.25. The number of carbonyl (C=O) groups excluding carboxylic acids is 2. The van der Waals surface area contributed by atoms with Crippen LogP contribution in [0, 0.1) is 0 Å². The van der Waals surface area contributed by atoms with Crippen LogP contribution < -0.4 is 10.6 Å². The summed E-state index contributed by atoms with van der Waals surface area (Å²) in [6.45, 7) is 0.606. The quantitative estimate of drug-likeness (QED) is 0.889. The van der Waals surface area contributed by atoms with E-state index in [0.29, 0.717) is 17.3 Å². The first kappa shape index (κ1) is 16.1. The second kappa shape index (κ2) is 7.21. The molecule has 0 unspecified atom stereocenters. The molecule has 0 radical (unpaired) electrons. The monoisotopic (exact) mass is 335 g/mol.